The second kappa shape index (κ2) is 6.88. The molecule has 1 amide bonds. The van der Waals surface area contributed by atoms with Crippen LogP contribution in [0.25, 0.3) is 5.69 Å². The van der Waals surface area contributed by atoms with Crippen LogP contribution >= 0.6 is 15.9 Å². The molecule has 1 heterocycles. The maximum Gasteiger partial charge on any atom is 0.410 e. The molecule has 0 radical (unpaired) electrons. The number of carbonyl (C=O) groups is 1. The molecule has 0 bridgehead atoms. The minimum atomic E-state index is -0.592. The molecule has 0 aliphatic rings. The first kappa shape index (κ1) is 18.4. The number of nitrogens with zero attached hydrogens (tertiary/aromatic N) is 4. The molecule has 2 rings (SSSR count). The van der Waals surface area contributed by atoms with Gasteiger partial charge in [0.05, 0.1) is 11.0 Å². The van der Waals surface area contributed by atoms with Crippen molar-refractivity contribution >= 4 is 22.0 Å². The van der Waals surface area contributed by atoms with E-state index in [1.165, 1.54) is 9.58 Å². The summed E-state index contributed by atoms with van der Waals surface area (Å²) in [6.45, 7) is 7.23. The number of ether oxygens (including phenoxy) is 1. The van der Waals surface area contributed by atoms with Crippen molar-refractivity contribution in [3.63, 3.8) is 0 Å². The molecule has 1 aromatic heterocycles. The van der Waals surface area contributed by atoms with Crippen molar-refractivity contribution in [2.75, 3.05) is 7.05 Å². The Morgan fingerprint density at radius 3 is 2.71 bits per heavy atom. The molecule has 0 aliphatic carbocycles. The molecule has 0 saturated heterocycles. The Labute approximate surface area is 148 Å². The third-order valence-corrected chi connectivity index (χ3v) is 3.64. The minimum Gasteiger partial charge on any atom is -0.444 e. The minimum absolute atomic E-state index is 0.141. The first-order valence-electron chi connectivity index (χ1n) is 7.39. The monoisotopic (exact) mass is 398 g/mol. The molecule has 0 fully saturated rings. The Kier molecular flexibility index (Phi) is 5.27. The summed E-state index contributed by atoms with van der Waals surface area (Å²) in [6, 6.07) is 4.92. The highest BCUT2D eigenvalue weighted by molar-refractivity contribution is 9.10. The zero-order valence-electron chi connectivity index (χ0n) is 14.3. The van der Waals surface area contributed by atoms with Gasteiger partial charge in [0.15, 0.2) is 11.6 Å². The zero-order valence-corrected chi connectivity index (χ0v) is 15.9. The second-order valence-corrected chi connectivity index (χ2v) is 7.25. The van der Waals surface area contributed by atoms with E-state index >= 15 is 0 Å². The van der Waals surface area contributed by atoms with Crippen molar-refractivity contribution in [1.29, 1.82) is 0 Å². The van der Waals surface area contributed by atoms with Crippen LogP contribution in [0.3, 0.4) is 0 Å². The van der Waals surface area contributed by atoms with Gasteiger partial charge in [-0.3, -0.25) is 0 Å². The van der Waals surface area contributed by atoms with E-state index in [0.29, 0.717) is 16.1 Å². The van der Waals surface area contributed by atoms with Crippen LogP contribution in [0.2, 0.25) is 0 Å². The molecule has 1 aromatic carbocycles. The number of carbonyl (C=O) groups excluding carboxylic acids is 1. The number of hydrogen-bond acceptors (Lipinski definition) is 4. The van der Waals surface area contributed by atoms with Gasteiger partial charge in [-0.25, -0.2) is 18.9 Å². The van der Waals surface area contributed by atoms with Crippen LogP contribution in [0.1, 0.15) is 32.4 Å². The van der Waals surface area contributed by atoms with Gasteiger partial charge in [-0.2, -0.15) is 5.10 Å². The third kappa shape index (κ3) is 4.31. The standard InChI is InChI=1S/C16H20BrFN4O2/c1-10-19-13(9-21(5)15(23)24-16(2,3)4)22(20-10)12-8-6-7-11(17)14(12)18/h6-8H,9H2,1-5H3. The number of aromatic nitrogens is 3. The van der Waals surface area contributed by atoms with Gasteiger partial charge in [-0.1, -0.05) is 6.07 Å². The zero-order chi connectivity index (χ0) is 18.1. The number of hydrogen-bond donors (Lipinski definition) is 0. The van der Waals surface area contributed by atoms with Gasteiger partial charge in [0.2, 0.25) is 0 Å². The maximum atomic E-state index is 14.4. The Balaban J connectivity index is 2.30. The highest BCUT2D eigenvalue weighted by atomic mass is 79.9. The SMILES string of the molecule is Cc1nc(CN(C)C(=O)OC(C)(C)C)n(-c2cccc(Br)c2F)n1. The van der Waals surface area contributed by atoms with E-state index in [0.717, 1.165) is 0 Å². The lowest BCUT2D eigenvalue weighted by Crippen LogP contribution is -2.34. The Morgan fingerprint density at radius 2 is 2.08 bits per heavy atom. The summed E-state index contributed by atoms with van der Waals surface area (Å²) in [4.78, 5) is 17.8. The van der Waals surface area contributed by atoms with Crippen LogP contribution in [-0.2, 0) is 11.3 Å². The molecule has 8 heteroatoms. The Hall–Kier alpha value is -1.96. The average Bonchev–Trinajstić information content (AvgIpc) is 2.80. The smallest absolute Gasteiger partial charge is 0.410 e. The topological polar surface area (TPSA) is 60.3 Å². The number of aryl methyl sites for hydroxylation is 1. The van der Waals surface area contributed by atoms with E-state index in [-0.39, 0.29) is 12.2 Å². The maximum absolute atomic E-state index is 14.4. The fraction of sp³-hybridized carbons (Fsp3) is 0.438. The molecule has 2 aromatic rings. The predicted molar refractivity (Wildman–Crippen MR) is 91.5 cm³/mol. The van der Waals surface area contributed by atoms with Gasteiger partial charge < -0.3 is 9.64 Å². The average molecular weight is 399 g/mol. The Bertz CT molecular complexity index is 755. The molecule has 0 spiro atoms. The lowest BCUT2D eigenvalue weighted by molar-refractivity contribution is 0.0280. The number of amides is 1. The number of halogens is 2. The number of benzene rings is 1. The van der Waals surface area contributed by atoms with E-state index in [4.69, 9.17) is 4.74 Å². The van der Waals surface area contributed by atoms with Crippen molar-refractivity contribution in [3.05, 3.63) is 40.1 Å². The molecule has 6 nitrogen and oxygen atoms in total. The summed E-state index contributed by atoms with van der Waals surface area (Å²) < 4.78 is 21.4. The molecule has 0 aliphatic heterocycles. The van der Waals surface area contributed by atoms with E-state index in [1.807, 2.05) is 0 Å². The summed E-state index contributed by atoms with van der Waals surface area (Å²) in [5.74, 6) is 0.489. The van der Waals surface area contributed by atoms with Gasteiger partial charge in [0.25, 0.3) is 0 Å². The third-order valence-electron chi connectivity index (χ3n) is 3.02. The van der Waals surface area contributed by atoms with Crippen molar-refractivity contribution in [2.45, 2.75) is 39.8 Å². The van der Waals surface area contributed by atoms with E-state index in [9.17, 15) is 9.18 Å². The van der Waals surface area contributed by atoms with Crippen LogP contribution in [0, 0.1) is 12.7 Å². The number of rotatable bonds is 3. The quantitative estimate of drug-likeness (QED) is 0.787. The van der Waals surface area contributed by atoms with Crippen molar-refractivity contribution in [2.24, 2.45) is 0 Å². The highest BCUT2D eigenvalue weighted by Crippen LogP contribution is 2.22. The largest absolute Gasteiger partial charge is 0.444 e. The summed E-state index contributed by atoms with van der Waals surface area (Å²) in [5, 5.41) is 4.24. The summed E-state index contributed by atoms with van der Waals surface area (Å²) in [7, 11) is 1.60. The van der Waals surface area contributed by atoms with E-state index in [2.05, 4.69) is 26.0 Å². The summed E-state index contributed by atoms with van der Waals surface area (Å²) in [6.07, 6.45) is -0.482. The van der Waals surface area contributed by atoms with Crippen LogP contribution in [0.5, 0.6) is 0 Å². The molecule has 0 unspecified atom stereocenters. The summed E-state index contributed by atoms with van der Waals surface area (Å²) >= 11 is 3.16. The summed E-state index contributed by atoms with van der Waals surface area (Å²) in [5.41, 5.74) is -0.330. The Morgan fingerprint density at radius 1 is 1.42 bits per heavy atom. The van der Waals surface area contributed by atoms with Gasteiger partial charge in [0, 0.05) is 7.05 Å². The molecule has 0 N–H and O–H groups in total. The molecule has 24 heavy (non-hydrogen) atoms. The second-order valence-electron chi connectivity index (χ2n) is 6.40. The van der Waals surface area contributed by atoms with Crippen LogP contribution in [0.4, 0.5) is 9.18 Å². The van der Waals surface area contributed by atoms with Crippen LogP contribution in [-0.4, -0.2) is 38.4 Å². The molecule has 0 saturated carbocycles. The van der Waals surface area contributed by atoms with Gasteiger partial charge in [0.1, 0.15) is 17.1 Å². The van der Waals surface area contributed by atoms with Gasteiger partial charge >= 0.3 is 6.09 Å². The first-order chi connectivity index (χ1) is 11.1. The molecule has 0 atom stereocenters. The molecule has 130 valence electrons. The first-order valence-corrected chi connectivity index (χ1v) is 8.19. The van der Waals surface area contributed by atoms with Crippen LogP contribution < -0.4 is 0 Å². The van der Waals surface area contributed by atoms with E-state index < -0.39 is 17.5 Å². The van der Waals surface area contributed by atoms with E-state index in [1.54, 1.807) is 52.9 Å². The lowest BCUT2D eigenvalue weighted by Gasteiger charge is -2.24. The van der Waals surface area contributed by atoms with Crippen molar-refractivity contribution in [3.8, 4) is 5.69 Å². The lowest BCUT2D eigenvalue weighted by atomic mass is 10.2. The van der Waals surface area contributed by atoms with Crippen molar-refractivity contribution < 1.29 is 13.9 Å². The van der Waals surface area contributed by atoms with Gasteiger partial charge in [-0.15, -0.1) is 0 Å². The van der Waals surface area contributed by atoms with Crippen molar-refractivity contribution in [1.82, 2.24) is 19.7 Å². The van der Waals surface area contributed by atoms with Crippen LogP contribution in [0.15, 0.2) is 22.7 Å². The fourth-order valence-corrected chi connectivity index (χ4v) is 2.38. The molecular weight excluding hydrogens is 379 g/mol. The van der Waals surface area contributed by atoms with Gasteiger partial charge in [-0.05, 0) is 55.8 Å². The normalized spacial score (nSPS) is 11.5. The predicted octanol–water partition coefficient (Wildman–Crippen LogP) is 3.84. The highest BCUT2D eigenvalue weighted by Gasteiger charge is 2.22. The molecular formula is C16H20BrFN4O2. The fourth-order valence-electron chi connectivity index (χ4n) is 2.03.